The fourth-order valence-electron chi connectivity index (χ4n) is 1.59. The second kappa shape index (κ2) is 4.29. The van der Waals surface area contributed by atoms with Gasteiger partial charge in [-0.3, -0.25) is 14.4 Å². The number of nitrogens with zero attached hydrogens (tertiary/aromatic N) is 1. The standard InChI is InChI=1S/C9H14N2O4/c1-5(2)6-3-10-8(14)9(15)11(6)4-7(12)13/h5-6H,3-4H2,1-2H3,(H,10,14)(H,12,13). The van der Waals surface area contributed by atoms with Crippen LogP contribution in [0.25, 0.3) is 0 Å². The molecule has 0 spiro atoms. The second-order valence-electron chi connectivity index (χ2n) is 3.85. The van der Waals surface area contributed by atoms with Crippen LogP contribution in [0.2, 0.25) is 0 Å². The molecule has 6 heteroatoms. The molecular weight excluding hydrogens is 200 g/mol. The van der Waals surface area contributed by atoms with Crippen molar-refractivity contribution in [2.75, 3.05) is 13.1 Å². The van der Waals surface area contributed by atoms with Crippen molar-refractivity contribution in [3.63, 3.8) is 0 Å². The molecule has 2 N–H and O–H groups in total. The van der Waals surface area contributed by atoms with Crippen LogP contribution in [-0.4, -0.2) is 46.9 Å². The molecule has 0 aliphatic carbocycles. The average molecular weight is 214 g/mol. The second-order valence-corrected chi connectivity index (χ2v) is 3.85. The van der Waals surface area contributed by atoms with Crippen LogP contribution in [0.5, 0.6) is 0 Å². The first-order valence-corrected chi connectivity index (χ1v) is 4.74. The van der Waals surface area contributed by atoms with Crippen LogP contribution in [0.1, 0.15) is 13.8 Å². The third-order valence-electron chi connectivity index (χ3n) is 2.40. The molecule has 1 unspecified atom stereocenters. The number of carbonyl (C=O) groups is 3. The molecule has 1 saturated heterocycles. The third-order valence-corrected chi connectivity index (χ3v) is 2.40. The molecule has 84 valence electrons. The maximum absolute atomic E-state index is 11.4. The Morgan fingerprint density at radius 2 is 2.20 bits per heavy atom. The summed E-state index contributed by atoms with van der Waals surface area (Å²) >= 11 is 0. The first-order valence-electron chi connectivity index (χ1n) is 4.74. The van der Waals surface area contributed by atoms with Crippen molar-refractivity contribution in [3.8, 4) is 0 Å². The van der Waals surface area contributed by atoms with Gasteiger partial charge in [0.05, 0.1) is 6.04 Å². The van der Waals surface area contributed by atoms with E-state index in [1.165, 1.54) is 0 Å². The molecule has 0 radical (unpaired) electrons. The number of carboxylic acid groups (broad SMARTS) is 1. The number of amides is 2. The predicted molar refractivity (Wildman–Crippen MR) is 51.0 cm³/mol. The minimum atomic E-state index is -1.11. The van der Waals surface area contributed by atoms with Crippen molar-refractivity contribution in [1.82, 2.24) is 10.2 Å². The molecule has 1 atom stereocenters. The number of hydrogen-bond acceptors (Lipinski definition) is 3. The van der Waals surface area contributed by atoms with Gasteiger partial charge >= 0.3 is 17.8 Å². The minimum Gasteiger partial charge on any atom is -0.480 e. The molecule has 6 nitrogen and oxygen atoms in total. The molecule has 0 saturated carbocycles. The summed E-state index contributed by atoms with van der Waals surface area (Å²) in [5, 5.41) is 11.1. The van der Waals surface area contributed by atoms with Crippen LogP contribution in [0, 0.1) is 5.92 Å². The van der Waals surface area contributed by atoms with Gasteiger partial charge in [-0.15, -0.1) is 0 Å². The van der Waals surface area contributed by atoms with E-state index in [1.54, 1.807) is 0 Å². The van der Waals surface area contributed by atoms with Crippen molar-refractivity contribution < 1.29 is 19.5 Å². The number of rotatable bonds is 3. The maximum Gasteiger partial charge on any atom is 0.323 e. The topological polar surface area (TPSA) is 86.7 Å². The SMILES string of the molecule is CC(C)C1CNC(=O)C(=O)N1CC(=O)O. The molecular formula is C9H14N2O4. The summed E-state index contributed by atoms with van der Waals surface area (Å²) in [6.45, 7) is 3.65. The zero-order valence-corrected chi connectivity index (χ0v) is 8.69. The van der Waals surface area contributed by atoms with Gasteiger partial charge in [0.15, 0.2) is 0 Å². The summed E-state index contributed by atoms with van der Waals surface area (Å²) in [6, 6.07) is -0.244. The first-order chi connectivity index (χ1) is 6.93. The molecule has 0 aromatic heterocycles. The Kier molecular flexibility index (Phi) is 3.28. The smallest absolute Gasteiger partial charge is 0.323 e. The summed E-state index contributed by atoms with van der Waals surface area (Å²) in [6.07, 6.45) is 0. The zero-order valence-electron chi connectivity index (χ0n) is 8.69. The number of aliphatic carboxylic acids is 1. The summed E-state index contributed by atoms with van der Waals surface area (Å²) in [4.78, 5) is 34.2. The lowest BCUT2D eigenvalue weighted by Gasteiger charge is -2.36. The van der Waals surface area contributed by atoms with E-state index in [9.17, 15) is 14.4 Å². The molecule has 0 aromatic carbocycles. The van der Waals surface area contributed by atoms with Gasteiger partial charge < -0.3 is 15.3 Å². The van der Waals surface area contributed by atoms with E-state index in [0.717, 1.165) is 4.90 Å². The van der Waals surface area contributed by atoms with Gasteiger partial charge in [-0.05, 0) is 5.92 Å². The quantitative estimate of drug-likeness (QED) is 0.593. The predicted octanol–water partition coefficient (Wildman–Crippen LogP) is -0.946. The number of carbonyl (C=O) groups excluding carboxylic acids is 2. The van der Waals surface area contributed by atoms with Gasteiger partial charge in [-0.2, -0.15) is 0 Å². The lowest BCUT2D eigenvalue weighted by atomic mass is 10.0. The van der Waals surface area contributed by atoms with Gasteiger partial charge in [-0.1, -0.05) is 13.8 Å². The fourth-order valence-corrected chi connectivity index (χ4v) is 1.59. The van der Waals surface area contributed by atoms with Crippen molar-refractivity contribution >= 4 is 17.8 Å². The Bertz CT molecular complexity index is 300. The van der Waals surface area contributed by atoms with E-state index in [0.29, 0.717) is 6.54 Å². The van der Waals surface area contributed by atoms with Crippen LogP contribution in [0.4, 0.5) is 0 Å². The molecule has 1 fully saturated rings. The largest absolute Gasteiger partial charge is 0.480 e. The highest BCUT2D eigenvalue weighted by atomic mass is 16.4. The van der Waals surface area contributed by atoms with E-state index in [1.807, 2.05) is 13.8 Å². The number of hydrogen-bond donors (Lipinski definition) is 2. The summed E-state index contributed by atoms with van der Waals surface area (Å²) in [7, 11) is 0. The van der Waals surface area contributed by atoms with Gasteiger partial charge in [0.25, 0.3) is 0 Å². The van der Waals surface area contributed by atoms with Gasteiger partial charge in [0.2, 0.25) is 0 Å². The normalized spacial score (nSPS) is 21.8. The Labute approximate surface area is 87.2 Å². The Morgan fingerprint density at radius 3 is 2.67 bits per heavy atom. The highest BCUT2D eigenvalue weighted by Crippen LogP contribution is 2.13. The van der Waals surface area contributed by atoms with E-state index < -0.39 is 24.3 Å². The molecule has 0 aromatic rings. The Balaban J connectivity index is 2.84. The molecule has 1 rings (SSSR count). The van der Waals surface area contributed by atoms with Crippen LogP contribution >= 0.6 is 0 Å². The van der Waals surface area contributed by atoms with Crippen LogP contribution < -0.4 is 5.32 Å². The minimum absolute atomic E-state index is 0.105. The molecule has 1 aliphatic rings. The summed E-state index contributed by atoms with van der Waals surface area (Å²) in [5.41, 5.74) is 0. The molecule has 1 heterocycles. The summed E-state index contributed by atoms with van der Waals surface area (Å²) in [5.74, 6) is -2.49. The molecule has 15 heavy (non-hydrogen) atoms. The Hall–Kier alpha value is -1.59. The first kappa shape index (κ1) is 11.5. The van der Waals surface area contributed by atoms with Gasteiger partial charge in [0.1, 0.15) is 6.54 Å². The van der Waals surface area contributed by atoms with Crippen LogP contribution in [0.15, 0.2) is 0 Å². The summed E-state index contributed by atoms with van der Waals surface area (Å²) < 4.78 is 0. The average Bonchev–Trinajstić information content (AvgIpc) is 2.12. The van der Waals surface area contributed by atoms with Crippen LogP contribution in [-0.2, 0) is 14.4 Å². The number of piperazine rings is 1. The molecule has 1 aliphatic heterocycles. The maximum atomic E-state index is 11.4. The number of carboxylic acids is 1. The lowest BCUT2D eigenvalue weighted by molar-refractivity contribution is -0.155. The fraction of sp³-hybridized carbons (Fsp3) is 0.667. The highest BCUT2D eigenvalue weighted by Gasteiger charge is 2.36. The van der Waals surface area contributed by atoms with E-state index in [-0.39, 0.29) is 12.0 Å². The van der Waals surface area contributed by atoms with Crippen molar-refractivity contribution in [2.45, 2.75) is 19.9 Å². The number of nitrogens with one attached hydrogen (secondary N) is 1. The molecule has 2 amide bonds. The van der Waals surface area contributed by atoms with Crippen LogP contribution in [0.3, 0.4) is 0 Å². The van der Waals surface area contributed by atoms with E-state index in [2.05, 4.69) is 5.32 Å². The van der Waals surface area contributed by atoms with Crippen molar-refractivity contribution in [1.29, 1.82) is 0 Å². The third kappa shape index (κ3) is 2.45. The monoisotopic (exact) mass is 214 g/mol. The zero-order chi connectivity index (χ0) is 11.6. The highest BCUT2D eigenvalue weighted by molar-refractivity contribution is 6.35. The van der Waals surface area contributed by atoms with E-state index in [4.69, 9.17) is 5.11 Å². The van der Waals surface area contributed by atoms with E-state index >= 15 is 0 Å². The Morgan fingerprint density at radius 1 is 1.60 bits per heavy atom. The van der Waals surface area contributed by atoms with Gasteiger partial charge in [-0.25, -0.2) is 0 Å². The van der Waals surface area contributed by atoms with Crippen molar-refractivity contribution in [3.05, 3.63) is 0 Å². The lowest BCUT2D eigenvalue weighted by Crippen LogP contribution is -2.60. The van der Waals surface area contributed by atoms with Crippen molar-refractivity contribution in [2.24, 2.45) is 5.92 Å². The molecule has 0 bridgehead atoms. The van der Waals surface area contributed by atoms with Gasteiger partial charge in [0, 0.05) is 6.54 Å².